The Balaban J connectivity index is 2.94. The molecule has 2 unspecified atom stereocenters. The maximum Gasteiger partial charge on any atom is 0.159 e. The lowest BCUT2D eigenvalue weighted by atomic mass is 10.2. The number of hydrogen-bond donors (Lipinski definition) is 1. The van der Waals surface area contributed by atoms with E-state index in [1.807, 2.05) is 0 Å². The molecule has 1 aliphatic rings. The fourth-order valence-electron chi connectivity index (χ4n) is 1.79. The van der Waals surface area contributed by atoms with E-state index in [0.29, 0.717) is 0 Å². The van der Waals surface area contributed by atoms with Gasteiger partial charge in [0.25, 0.3) is 0 Å². The molecule has 0 heterocycles. The maximum absolute atomic E-state index is 12.0. The molecule has 0 amide bonds. The SMILES string of the molecule is CC(C)(C)S(=O)(=O)C1CCCC1N. The van der Waals surface area contributed by atoms with Crippen molar-refractivity contribution in [1.29, 1.82) is 0 Å². The largest absolute Gasteiger partial charge is 0.327 e. The average molecular weight is 205 g/mol. The first-order valence-corrected chi connectivity index (χ1v) is 6.30. The Hall–Kier alpha value is -0.0900. The Morgan fingerprint density at radius 2 is 1.77 bits per heavy atom. The molecule has 0 aliphatic heterocycles. The van der Waals surface area contributed by atoms with Gasteiger partial charge in [-0.1, -0.05) is 6.42 Å². The van der Waals surface area contributed by atoms with Crippen molar-refractivity contribution in [2.75, 3.05) is 0 Å². The molecule has 1 saturated carbocycles. The van der Waals surface area contributed by atoms with Gasteiger partial charge in [-0.05, 0) is 33.6 Å². The second-order valence-electron chi connectivity index (χ2n) is 4.79. The van der Waals surface area contributed by atoms with E-state index >= 15 is 0 Å². The minimum atomic E-state index is -3.05. The van der Waals surface area contributed by atoms with Crippen LogP contribution in [0.25, 0.3) is 0 Å². The van der Waals surface area contributed by atoms with Crippen LogP contribution in [0.3, 0.4) is 0 Å². The second-order valence-corrected chi connectivity index (χ2v) is 7.71. The Morgan fingerprint density at radius 3 is 2.08 bits per heavy atom. The van der Waals surface area contributed by atoms with Crippen LogP contribution in [0.2, 0.25) is 0 Å². The molecule has 78 valence electrons. The van der Waals surface area contributed by atoms with E-state index in [1.165, 1.54) is 0 Å². The van der Waals surface area contributed by atoms with Gasteiger partial charge in [0.1, 0.15) is 0 Å². The van der Waals surface area contributed by atoms with Gasteiger partial charge in [-0.25, -0.2) is 8.42 Å². The Kier molecular flexibility index (Phi) is 2.74. The van der Waals surface area contributed by atoms with Crippen molar-refractivity contribution in [2.45, 2.75) is 56.1 Å². The zero-order chi connectivity index (χ0) is 10.3. The maximum atomic E-state index is 12.0. The first kappa shape index (κ1) is 11.0. The fraction of sp³-hybridized carbons (Fsp3) is 1.00. The molecule has 0 bridgehead atoms. The summed E-state index contributed by atoms with van der Waals surface area (Å²) in [7, 11) is -3.05. The molecule has 2 atom stereocenters. The summed E-state index contributed by atoms with van der Waals surface area (Å²) in [4.78, 5) is 0. The first-order valence-electron chi connectivity index (χ1n) is 4.76. The lowest BCUT2D eigenvalue weighted by Crippen LogP contribution is -2.44. The standard InChI is InChI=1S/C9H19NO2S/c1-9(2,3)13(11,12)8-6-4-5-7(8)10/h7-8H,4-6,10H2,1-3H3. The minimum absolute atomic E-state index is 0.149. The summed E-state index contributed by atoms with van der Waals surface area (Å²) in [6.45, 7) is 5.23. The molecule has 1 rings (SSSR count). The molecule has 13 heavy (non-hydrogen) atoms. The fourth-order valence-corrected chi connectivity index (χ4v) is 3.78. The van der Waals surface area contributed by atoms with Crippen LogP contribution < -0.4 is 5.73 Å². The van der Waals surface area contributed by atoms with Crippen LogP contribution in [0.15, 0.2) is 0 Å². The van der Waals surface area contributed by atoms with E-state index in [9.17, 15) is 8.42 Å². The van der Waals surface area contributed by atoms with Crippen LogP contribution in [0.4, 0.5) is 0 Å². The average Bonchev–Trinajstić information content (AvgIpc) is 2.32. The van der Waals surface area contributed by atoms with Crippen molar-refractivity contribution in [3.8, 4) is 0 Å². The molecule has 3 nitrogen and oxygen atoms in total. The van der Waals surface area contributed by atoms with Crippen LogP contribution in [-0.4, -0.2) is 24.5 Å². The molecule has 0 radical (unpaired) electrons. The molecule has 2 N–H and O–H groups in total. The van der Waals surface area contributed by atoms with Gasteiger partial charge in [0.15, 0.2) is 9.84 Å². The summed E-state index contributed by atoms with van der Waals surface area (Å²) in [5, 5.41) is -0.313. The number of nitrogens with two attached hydrogens (primary N) is 1. The highest BCUT2D eigenvalue weighted by Crippen LogP contribution is 2.31. The summed E-state index contributed by atoms with van der Waals surface area (Å²) in [5.74, 6) is 0. The normalized spacial score (nSPS) is 30.8. The number of hydrogen-bond acceptors (Lipinski definition) is 3. The zero-order valence-electron chi connectivity index (χ0n) is 8.58. The van der Waals surface area contributed by atoms with Gasteiger partial charge in [-0.3, -0.25) is 0 Å². The molecular formula is C9H19NO2S. The summed E-state index contributed by atoms with van der Waals surface area (Å²) in [6, 6.07) is -0.149. The quantitative estimate of drug-likeness (QED) is 0.697. The third-order valence-electron chi connectivity index (χ3n) is 2.76. The van der Waals surface area contributed by atoms with E-state index < -0.39 is 14.6 Å². The van der Waals surface area contributed by atoms with E-state index in [2.05, 4.69) is 0 Å². The van der Waals surface area contributed by atoms with Crippen molar-refractivity contribution in [1.82, 2.24) is 0 Å². The number of rotatable bonds is 1. The van der Waals surface area contributed by atoms with E-state index in [1.54, 1.807) is 20.8 Å². The lowest BCUT2D eigenvalue weighted by molar-refractivity contribution is 0.534. The summed E-state index contributed by atoms with van der Waals surface area (Å²) < 4.78 is 23.3. The molecule has 0 spiro atoms. The van der Waals surface area contributed by atoms with Crippen molar-refractivity contribution >= 4 is 9.84 Å². The predicted octanol–water partition coefficient (Wildman–Crippen LogP) is 1.08. The van der Waals surface area contributed by atoms with Gasteiger partial charge >= 0.3 is 0 Å². The van der Waals surface area contributed by atoms with Crippen LogP contribution in [0, 0.1) is 0 Å². The van der Waals surface area contributed by atoms with E-state index in [4.69, 9.17) is 5.73 Å². The summed E-state index contributed by atoms with van der Waals surface area (Å²) >= 11 is 0. The second kappa shape index (κ2) is 3.24. The van der Waals surface area contributed by atoms with Crippen molar-refractivity contribution in [2.24, 2.45) is 5.73 Å². The molecule has 1 fully saturated rings. The minimum Gasteiger partial charge on any atom is -0.327 e. The highest BCUT2D eigenvalue weighted by molar-refractivity contribution is 7.93. The molecular weight excluding hydrogens is 186 g/mol. The Labute approximate surface area is 80.6 Å². The van der Waals surface area contributed by atoms with Gasteiger partial charge in [-0.2, -0.15) is 0 Å². The molecule has 0 aromatic rings. The van der Waals surface area contributed by atoms with Crippen LogP contribution in [0.1, 0.15) is 40.0 Å². The van der Waals surface area contributed by atoms with Crippen LogP contribution >= 0.6 is 0 Å². The molecule has 1 aliphatic carbocycles. The molecule has 0 aromatic heterocycles. The summed E-state index contributed by atoms with van der Waals surface area (Å²) in [5.41, 5.74) is 5.78. The predicted molar refractivity (Wildman–Crippen MR) is 54.3 cm³/mol. The van der Waals surface area contributed by atoms with Gasteiger partial charge in [-0.15, -0.1) is 0 Å². The third kappa shape index (κ3) is 1.89. The number of sulfone groups is 1. The van der Waals surface area contributed by atoms with Gasteiger partial charge in [0, 0.05) is 6.04 Å². The topological polar surface area (TPSA) is 60.2 Å². The molecule has 4 heteroatoms. The smallest absolute Gasteiger partial charge is 0.159 e. The van der Waals surface area contributed by atoms with E-state index in [0.717, 1.165) is 19.3 Å². The monoisotopic (exact) mass is 205 g/mol. The van der Waals surface area contributed by atoms with E-state index in [-0.39, 0.29) is 11.3 Å². The summed E-state index contributed by atoms with van der Waals surface area (Å²) in [6.07, 6.45) is 2.53. The van der Waals surface area contributed by atoms with Crippen molar-refractivity contribution in [3.63, 3.8) is 0 Å². The molecule has 0 aromatic carbocycles. The van der Waals surface area contributed by atoms with Crippen molar-refractivity contribution in [3.05, 3.63) is 0 Å². The van der Waals surface area contributed by atoms with Crippen LogP contribution in [0.5, 0.6) is 0 Å². The van der Waals surface area contributed by atoms with Gasteiger partial charge < -0.3 is 5.73 Å². The molecule has 0 saturated heterocycles. The highest BCUT2D eigenvalue weighted by atomic mass is 32.2. The first-order chi connectivity index (χ1) is 5.77. The highest BCUT2D eigenvalue weighted by Gasteiger charge is 2.42. The third-order valence-corrected chi connectivity index (χ3v) is 5.85. The lowest BCUT2D eigenvalue weighted by Gasteiger charge is -2.26. The Bertz CT molecular complexity index is 276. The van der Waals surface area contributed by atoms with Crippen molar-refractivity contribution < 1.29 is 8.42 Å². The van der Waals surface area contributed by atoms with Gasteiger partial charge in [0.05, 0.1) is 10.00 Å². The van der Waals surface area contributed by atoms with Crippen LogP contribution in [-0.2, 0) is 9.84 Å². The zero-order valence-corrected chi connectivity index (χ0v) is 9.39. The Morgan fingerprint density at radius 1 is 1.23 bits per heavy atom. The van der Waals surface area contributed by atoms with Gasteiger partial charge in [0.2, 0.25) is 0 Å².